The molecule has 3 nitrogen and oxygen atoms in total. The monoisotopic (exact) mass is 200 g/mol. The Labute approximate surface area is 80.7 Å². The molecule has 1 aliphatic heterocycles. The second-order valence-electron chi connectivity index (χ2n) is 3.62. The summed E-state index contributed by atoms with van der Waals surface area (Å²) in [6.45, 7) is 0. The standard InChI is InChI=1S/C9H13NO2S/c11-9(12)13-6-8(5-10-13)7-3-1-2-4-7/h5,7,10H,1-4,6H2/p+1. The summed E-state index contributed by atoms with van der Waals surface area (Å²) in [4.78, 5) is 10.7. The van der Waals surface area contributed by atoms with E-state index in [4.69, 9.17) is 5.11 Å². The highest BCUT2D eigenvalue weighted by Crippen LogP contribution is 2.33. The van der Waals surface area contributed by atoms with Gasteiger partial charge in [0, 0.05) is 5.57 Å². The normalized spacial score (nSPS) is 28.6. The van der Waals surface area contributed by atoms with E-state index in [1.54, 1.807) is 0 Å². The number of carboxylic acid groups (broad SMARTS) is 1. The van der Waals surface area contributed by atoms with Crippen LogP contribution in [0.25, 0.3) is 0 Å². The maximum atomic E-state index is 10.7. The van der Waals surface area contributed by atoms with Gasteiger partial charge in [-0.3, -0.25) is 0 Å². The lowest BCUT2D eigenvalue weighted by Gasteiger charge is -2.05. The van der Waals surface area contributed by atoms with Crippen molar-refractivity contribution in [1.82, 2.24) is 4.72 Å². The highest BCUT2D eigenvalue weighted by Gasteiger charge is 2.38. The zero-order chi connectivity index (χ0) is 9.26. The number of carbonyl (C=O) groups is 1. The highest BCUT2D eigenvalue weighted by molar-refractivity contribution is 8.09. The van der Waals surface area contributed by atoms with E-state index in [2.05, 4.69) is 4.72 Å². The summed E-state index contributed by atoms with van der Waals surface area (Å²) < 4.78 is 2.95. The van der Waals surface area contributed by atoms with Gasteiger partial charge in [0.15, 0.2) is 5.75 Å². The summed E-state index contributed by atoms with van der Waals surface area (Å²) >= 11 is -0.631. The maximum Gasteiger partial charge on any atom is 0.550 e. The first-order valence-electron chi connectivity index (χ1n) is 4.66. The average Bonchev–Trinajstić information content (AvgIpc) is 2.75. The van der Waals surface area contributed by atoms with Gasteiger partial charge in [0.2, 0.25) is 11.1 Å². The van der Waals surface area contributed by atoms with Gasteiger partial charge in [-0.2, -0.15) is 4.79 Å². The first-order chi connectivity index (χ1) is 6.27. The molecule has 0 spiro atoms. The molecule has 2 rings (SSSR count). The summed E-state index contributed by atoms with van der Waals surface area (Å²) in [5.41, 5.74) is 1.34. The summed E-state index contributed by atoms with van der Waals surface area (Å²) in [5, 5.41) is 8.09. The van der Waals surface area contributed by atoms with E-state index in [1.807, 2.05) is 6.20 Å². The molecule has 1 aliphatic carbocycles. The topological polar surface area (TPSA) is 49.3 Å². The molecule has 0 aromatic rings. The molecule has 0 saturated heterocycles. The third-order valence-corrected chi connectivity index (χ3v) is 4.23. The Balaban J connectivity index is 1.92. The molecule has 4 heteroatoms. The smallest absolute Gasteiger partial charge is 0.439 e. The van der Waals surface area contributed by atoms with Crippen molar-refractivity contribution in [1.29, 1.82) is 0 Å². The molecule has 1 heterocycles. The average molecular weight is 200 g/mol. The molecule has 0 amide bonds. The van der Waals surface area contributed by atoms with Crippen LogP contribution in [0.2, 0.25) is 0 Å². The highest BCUT2D eigenvalue weighted by atomic mass is 32.2. The van der Waals surface area contributed by atoms with E-state index in [0.717, 1.165) is 5.75 Å². The number of rotatable bonds is 1. The molecule has 1 fully saturated rings. The van der Waals surface area contributed by atoms with E-state index in [-0.39, 0.29) is 0 Å². The minimum Gasteiger partial charge on any atom is -0.439 e. The van der Waals surface area contributed by atoms with Crippen LogP contribution in [0.1, 0.15) is 25.7 Å². The third-order valence-electron chi connectivity index (χ3n) is 2.79. The van der Waals surface area contributed by atoms with Gasteiger partial charge in [0.05, 0.1) is 6.20 Å². The zero-order valence-corrected chi connectivity index (χ0v) is 8.27. The Morgan fingerprint density at radius 3 is 2.77 bits per heavy atom. The zero-order valence-electron chi connectivity index (χ0n) is 7.45. The minimum atomic E-state index is -0.704. The van der Waals surface area contributed by atoms with Gasteiger partial charge in [0.1, 0.15) is 0 Å². The minimum absolute atomic E-state index is 0.631. The van der Waals surface area contributed by atoms with Gasteiger partial charge in [-0.1, -0.05) is 12.8 Å². The molecule has 1 unspecified atom stereocenters. The fourth-order valence-electron chi connectivity index (χ4n) is 2.04. The van der Waals surface area contributed by atoms with Gasteiger partial charge in [-0.05, 0) is 18.8 Å². The van der Waals surface area contributed by atoms with E-state index < -0.39 is 16.4 Å². The predicted molar refractivity (Wildman–Crippen MR) is 53.4 cm³/mol. The first-order valence-corrected chi connectivity index (χ1v) is 6.05. The van der Waals surface area contributed by atoms with Crippen molar-refractivity contribution in [3.8, 4) is 0 Å². The van der Waals surface area contributed by atoms with Crippen LogP contribution in [0.4, 0.5) is 4.79 Å². The van der Waals surface area contributed by atoms with Crippen LogP contribution in [-0.4, -0.2) is 16.2 Å². The molecule has 0 aromatic heterocycles. The molecule has 1 saturated carbocycles. The molecule has 2 aliphatic rings. The summed E-state index contributed by atoms with van der Waals surface area (Å²) in [5.74, 6) is 1.41. The quantitative estimate of drug-likeness (QED) is 0.635. The molecule has 13 heavy (non-hydrogen) atoms. The maximum absolute atomic E-state index is 10.7. The van der Waals surface area contributed by atoms with Crippen LogP contribution in [0.5, 0.6) is 0 Å². The number of hydrogen-bond donors (Lipinski definition) is 2. The Morgan fingerprint density at radius 1 is 1.54 bits per heavy atom. The molecule has 0 aromatic carbocycles. The van der Waals surface area contributed by atoms with Crippen LogP contribution in [0.3, 0.4) is 0 Å². The second-order valence-corrected chi connectivity index (χ2v) is 5.27. The van der Waals surface area contributed by atoms with Crippen LogP contribution < -0.4 is 4.72 Å². The van der Waals surface area contributed by atoms with Crippen molar-refractivity contribution in [2.45, 2.75) is 25.7 Å². The predicted octanol–water partition coefficient (Wildman–Crippen LogP) is 1.88. The van der Waals surface area contributed by atoms with Crippen LogP contribution in [-0.2, 0) is 11.1 Å². The van der Waals surface area contributed by atoms with Gasteiger partial charge in [-0.25, -0.2) is 4.72 Å². The molecule has 0 bridgehead atoms. The molecule has 72 valence electrons. The van der Waals surface area contributed by atoms with Crippen molar-refractivity contribution in [3.05, 3.63) is 11.8 Å². The number of nitrogens with one attached hydrogen (secondary N) is 1. The Bertz CT molecular complexity index is 246. The lowest BCUT2D eigenvalue weighted by atomic mass is 10.0. The van der Waals surface area contributed by atoms with Crippen molar-refractivity contribution < 1.29 is 9.90 Å². The van der Waals surface area contributed by atoms with Gasteiger partial charge < -0.3 is 5.11 Å². The van der Waals surface area contributed by atoms with Crippen LogP contribution in [0, 0.1) is 5.92 Å². The first kappa shape index (κ1) is 8.94. The number of hydrogen-bond acceptors (Lipinski definition) is 2. The second kappa shape index (κ2) is 3.62. The summed E-state index contributed by atoms with van der Waals surface area (Å²) in [6, 6.07) is 0. The molecular weight excluding hydrogens is 186 g/mol. The summed E-state index contributed by atoms with van der Waals surface area (Å²) in [7, 11) is 0. The van der Waals surface area contributed by atoms with Crippen molar-refractivity contribution in [2.75, 3.05) is 5.75 Å². The van der Waals surface area contributed by atoms with E-state index in [0.29, 0.717) is 5.92 Å². The van der Waals surface area contributed by atoms with Crippen molar-refractivity contribution >= 4 is 16.4 Å². The Hall–Kier alpha value is -0.640. The fraction of sp³-hybridized carbons (Fsp3) is 0.667. The summed E-state index contributed by atoms with van der Waals surface area (Å²) in [6.07, 6.45) is 7.06. The van der Waals surface area contributed by atoms with Gasteiger partial charge in [-0.15, -0.1) is 0 Å². The molecule has 1 atom stereocenters. The van der Waals surface area contributed by atoms with Gasteiger partial charge in [0.25, 0.3) is 0 Å². The lowest BCUT2D eigenvalue weighted by molar-refractivity contribution is 0.221. The lowest BCUT2D eigenvalue weighted by Crippen LogP contribution is -2.24. The Kier molecular flexibility index (Phi) is 2.49. The molecule has 2 N–H and O–H groups in total. The Morgan fingerprint density at radius 2 is 2.23 bits per heavy atom. The van der Waals surface area contributed by atoms with E-state index in [9.17, 15) is 4.79 Å². The van der Waals surface area contributed by atoms with Crippen molar-refractivity contribution in [2.24, 2.45) is 5.92 Å². The fourth-order valence-corrected chi connectivity index (χ4v) is 3.29. The van der Waals surface area contributed by atoms with Crippen LogP contribution >= 0.6 is 0 Å². The van der Waals surface area contributed by atoms with Crippen LogP contribution in [0.15, 0.2) is 11.8 Å². The third kappa shape index (κ3) is 1.82. The largest absolute Gasteiger partial charge is 0.550 e. The molecule has 0 radical (unpaired) electrons. The van der Waals surface area contributed by atoms with E-state index in [1.165, 1.54) is 31.3 Å². The van der Waals surface area contributed by atoms with Gasteiger partial charge >= 0.3 is 5.30 Å². The molecular formula is C9H14NO2S+. The van der Waals surface area contributed by atoms with Crippen molar-refractivity contribution in [3.63, 3.8) is 0 Å². The van der Waals surface area contributed by atoms with E-state index >= 15 is 0 Å². The SMILES string of the molecule is O=C(O)[S+]1CC(C2CCCC2)=CN1.